The third kappa shape index (κ3) is 3.99. The highest BCUT2D eigenvalue weighted by Gasteiger charge is 2.13. The van der Waals surface area contributed by atoms with Crippen LogP contribution in [-0.2, 0) is 0 Å². The van der Waals surface area contributed by atoms with Gasteiger partial charge in [0.25, 0.3) is 5.91 Å². The molecule has 0 heterocycles. The predicted molar refractivity (Wildman–Crippen MR) is 76.5 cm³/mol. The van der Waals surface area contributed by atoms with Gasteiger partial charge in [-0.25, -0.2) is 0 Å². The number of halogens is 1. The van der Waals surface area contributed by atoms with E-state index in [1.165, 1.54) is 0 Å². The highest BCUT2D eigenvalue weighted by Crippen LogP contribution is 2.22. The monoisotopic (exact) mass is 314 g/mol. The number of nitrogens with one attached hydrogen (secondary N) is 1. The van der Waals surface area contributed by atoms with Gasteiger partial charge in [-0.2, -0.15) is 0 Å². The number of aliphatic hydroxyl groups excluding tert-OH is 1. The van der Waals surface area contributed by atoms with E-state index in [9.17, 15) is 9.90 Å². The van der Waals surface area contributed by atoms with Gasteiger partial charge in [0.1, 0.15) is 0 Å². The fourth-order valence-corrected chi connectivity index (χ4v) is 2.15. The quantitative estimate of drug-likeness (QED) is 0.729. The molecule has 0 aliphatic carbocycles. The molecule has 1 aromatic rings. The molecule has 0 saturated carbocycles. The maximum absolute atomic E-state index is 12.0. The maximum Gasteiger partial charge on any atom is 0.251 e. The molecule has 1 amide bonds. The Bertz CT molecular complexity index is 435. The summed E-state index contributed by atoms with van der Waals surface area (Å²) in [7, 11) is 0. The number of aliphatic hydroxyl groups is 1. The van der Waals surface area contributed by atoms with Crippen molar-refractivity contribution in [1.29, 1.82) is 0 Å². The van der Waals surface area contributed by atoms with E-state index in [1.54, 1.807) is 19.1 Å². The molecular formula is C13H19BrN2O2. The number of nitrogens with two attached hydrogens (primary N) is 1. The third-order valence-electron chi connectivity index (χ3n) is 2.78. The van der Waals surface area contributed by atoms with Crippen LogP contribution < -0.4 is 11.1 Å². The van der Waals surface area contributed by atoms with Crippen molar-refractivity contribution in [3.63, 3.8) is 0 Å². The number of anilines is 1. The Morgan fingerprint density at radius 2 is 2.22 bits per heavy atom. The van der Waals surface area contributed by atoms with E-state index in [0.29, 0.717) is 17.7 Å². The standard InChI is InChI=1S/C13H19BrN2O2/c1-3-4-10(17)7-16-13(18)11-5-9(14)6-12(15)8(11)2/h5-6,10,17H,3-4,7,15H2,1-2H3,(H,16,18). The van der Waals surface area contributed by atoms with Crippen LogP contribution in [-0.4, -0.2) is 23.7 Å². The number of amides is 1. The van der Waals surface area contributed by atoms with Crippen LogP contribution in [0.25, 0.3) is 0 Å². The lowest BCUT2D eigenvalue weighted by molar-refractivity contribution is 0.0909. The molecule has 5 heteroatoms. The van der Waals surface area contributed by atoms with Gasteiger partial charge in [0.15, 0.2) is 0 Å². The van der Waals surface area contributed by atoms with Crippen molar-refractivity contribution in [3.05, 3.63) is 27.7 Å². The fraction of sp³-hybridized carbons (Fsp3) is 0.462. The second kappa shape index (κ2) is 6.75. The highest BCUT2D eigenvalue weighted by atomic mass is 79.9. The molecule has 0 bridgehead atoms. The lowest BCUT2D eigenvalue weighted by Crippen LogP contribution is -2.32. The van der Waals surface area contributed by atoms with Crippen LogP contribution in [0.1, 0.15) is 35.7 Å². The Hall–Kier alpha value is -1.07. The smallest absolute Gasteiger partial charge is 0.251 e. The largest absolute Gasteiger partial charge is 0.398 e. The van der Waals surface area contributed by atoms with Crippen LogP contribution >= 0.6 is 15.9 Å². The topological polar surface area (TPSA) is 75.3 Å². The van der Waals surface area contributed by atoms with Crippen LogP contribution in [0.4, 0.5) is 5.69 Å². The van der Waals surface area contributed by atoms with Gasteiger partial charge in [-0.05, 0) is 31.0 Å². The molecule has 1 unspecified atom stereocenters. The molecule has 4 nitrogen and oxygen atoms in total. The summed E-state index contributed by atoms with van der Waals surface area (Å²) in [5, 5.41) is 12.3. The van der Waals surface area contributed by atoms with Crippen LogP contribution in [0.15, 0.2) is 16.6 Å². The first-order valence-corrected chi connectivity index (χ1v) is 6.76. The fourth-order valence-electron chi connectivity index (χ4n) is 1.68. The summed E-state index contributed by atoms with van der Waals surface area (Å²) < 4.78 is 0.768. The van der Waals surface area contributed by atoms with E-state index in [4.69, 9.17) is 5.73 Å². The molecule has 1 atom stereocenters. The summed E-state index contributed by atoms with van der Waals surface area (Å²) in [5.41, 5.74) is 7.66. The number of hydrogen-bond donors (Lipinski definition) is 3. The number of rotatable bonds is 5. The molecule has 0 fully saturated rings. The van der Waals surface area contributed by atoms with Crippen LogP contribution in [0.3, 0.4) is 0 Å². The number of hydrogen-bond acceptors (Lipinski definition) is 3. The van der Waals surface area contributed by atoms with Gasteiger partial charge >= 0.3 is 0 Å². The van der Waals surface area contributed by atoms with E-state index in [1.807, 2.05) is 6.92 Å². The van der Waals surface area contributed by atoms with Gasteiger partial charge in [0, 0.05) is 22.3 Å². The number of benzene rings is 1. The Kier molecular flexibility index (Phi) is 5.62. The van der Waals surface area contributed by atoms with Crippen molar-refractivity contribution in [2.24, 2.45) is 0 Å². The lowest BCUT2D eigenvalue weighted by atomic mass is 10.1. The Morgan fingerprint density at radius 1 is 1.56 bits per heavy atom. The Labute approximate surface area is 116 Å². The summed E-state index contributed by atoms with van der Waals surface area (Å²) in [6.45, 7) is 4.06. The van der Waals surface area contributed by atoms with Crippen LogP contribution in [0.2, 0.25) is 0 Å². The number of carbonyl (C=O) groups excluding carboxylic acids is 1. The number of nitrogen functional groups attached to an aromatic ring is 1. The molecule has 0 saturated heterocycles. The van der Waals surface area contributed by atoms with Crippen LogP contribution in [0.5, 0.6) is 0 Å². The summed E-state index contributed by atoms with van der Waals surface area (Å²) in [4.78, 5) is 12.0. The van der Waals surface area contributed by atoms with Gasteiger partial charge in [-0.1, -0.05) is 29.3 Å². The van der Waals surface area contributed by atoms with Crippen molar-refractivity contribution < 1.29 is 9.90 Å². The summed E-state index contributed by atoms with van der Waals surface area (Å²) in [6.07, 6.45) is 1.07. The Morgan fingerprint density at radius 3 is 2.83 bits per heavy atom. The van der Waals surface area contributed by atoms with E-state index >= 15 is 0 Å². The summed E-state index contributed by atoms with van der Waals surface area (Å²) in [5.74, 6) is -0.212. The first kappa shape index (κ1) is 15.0. The minimum absolute atomic E-state index is 0.212. The molecule has 0 aliphatic rings. The SMILES string of the molecule is CCCC(O)CNC(=O)c1cc(Br)cc(N)c1C. The zero-order chi connectivity index (χ0) is 13.7. The van der Waals surface area contributed by atoms with E-state index in [-0.39, 0.29) is 12.5 Å². The van der Waals surface area contributed by atoms with Crippen molar-refractivity contribution in [3.8, 4) is 0 Å². The first-order chi connectivity index (χ1) is 8.45. The molecule has 4 N–H and O–H groups in total. The van der Waals surface area contributed by atoms with Crippen LogP contribution in [0, 0.1) is 6.92 Å². The Balaban J connectivity index is 2.73. The molecule has 0 spiro atoms. The lowest BCUT2D eigenvalue weighted by Gasteiger charge is -2.13. The average Bonchev–Trinajstić information content (AvgIpc) is 2.31. The third-order valence-corrected chi connectivity index (χ3v) is 3.24. The number of carbonyl (C=O) groups is 1. The second-order valence-electron chi connectivity index (χ2n) is 4.32. The minimum atomic E-state index is -0.497. The average molecular weight is 315 g/mol. The molecule has 100 valence electrons. The molecule has 1 aromatic carbocycles. The van der Waals surface area contributed by atoms with Gasteiger partial charge in [-0.15, -0.1) is 0 Å². The van der Waals surface area contributed by atoms with Crippen molar-refractivity contribution in [2.75, 3.05) is 12.3 Å². The van der Waals surface area contributed by atoms with E-state index < -0.39 is 6.10 Å². The zero-order valence-corrected chi connectivity index (χ0v) is 12.3. The van der Waals surface area contributed by atoms with E-state index in [2.05, 4.69) is 21.2 Å². The van der Waals surface area contributed by atoms with Crippen molar-refractivity contribution in [1.82, 2.24) is 5.32 Å². The van der Waals surface area contributed by atoms with Gasteiger partial charge < -0.3 is 16.2 Å². The molecule has 18 heavy (non-hydrogen) atoms. The van der Waals surface area contributed by atoms with Crippen molar-refractivity contribution >= 4 is 27.5 Å². The summed E-state index contributed by atoms with van der Waals surface area (Å²) in [6, 6.07) is 3.49. The predicted octanol–water partition coefficient (Wildman–Crippen LogP) is 2.23. The van der Waals surface area contributed by atoms with Gasteiger partial charge in [0.2, 0.25) is 0 Å². The highest BCUT2D eigenvalue weighted by molar-refractivity contribution is 9.10. The van der Waals surface area contributed by atoms with Gasteiger partial charge in [-0.3, -0.25) is 4.79 Å². The second-order valence-corrected chi connectivity index (χ2v) is 5.24. The molecule has 0 aliphatic heterocycles. The molecular weight excluding hydrogens is 296 g/mol. The maximum atomic E-state index is 12.0. The minimum Gasteiger partial charge on any atom is -0.398 e. The summed E-state index contributed by atoms with van der Waals surface area (Å²) >= 11 is 3.31. The molecule has 0 radical (unpaired) electrons. The molecule has 0 aromatic heterocycles. The van der Waals surface area contributed by atoms with Gasteiger partial charge in [0.05, 0.1) is 6.10 Å². The zero-order valence-electron chi connectivity index (χ0n) is 10.7. The molecule has 1 rings (SSSR count). The first-order valence-electron chi connectivity index (χ1n) is 5.97. The normalized spacial score (nSPS) is 12.2. The van der Waals surface area contributed by atoms with E-state index in [0.717, 1.165) is 16.5 Å². The van der Waals surface area contributed by atoms with Crippen molar-refractivity contribution in [2.45, 2.75) is 32.8 Å².